The lowest BCUT2D eigenvalue weighted by Crippen LogP contribution is -2.01. The van der Waals surface area contributed by atoms with Crippen molar-refractivity contribution in [3.05, 3.63) is 48.2 Å². The van der Waals surface area contributed by atoms with Crippen LogP contribution in [0.2, 0.25) is 0 Å². The predicted molar refractivity (Wildman–Crippen MR) is 44.3 cm³/mol. The zero-order valence-corrected chi connectivity index (χ0v) is 6.31. The van der Waals surface area contributed by atoms with Gasteiger partial charge in [-0.2, -0.15) is 4.99 Å². The molecule has 0 saturated heterocycles. The van der Waals surface area contributed by atoms with E-state index in [2.05, 4.69) is 15.0 Å². The van der Waals surface area contributed by atoms with Gasteiger partial charge in [0.05, 0.1) is 0 Å². The fourth-order valence-corrected chi connectivity index (χ4v) is 0.967. The van der Waals surface area contributed by atoms with Crippen molar-refractivity contribution in [3.8, 4) is 0 Å². The molecule has 60 valence electrons. The lowest BCUT2D eigenvalue weighted by molar-refractivity contribution is -0.251. The summed E-state index contributed by atoms with van der Waals surface area (Å²) in [5.41, 5.74) is 1.78. The highest BCUT2D eigenvalue weighted by Gasteiger charge is 2.02. The van der Waals surface area contributed by atoms with Crippen molar-refractivity contribution in [1.82, 2.24) is 0 Å². The third-order valence-electron chi connectivity index (χ3n) is 1.53. The summed E-state index contributed by atoms with van der Waals surface area (Å²) in [6, 6.07) is 9.76. The van der Waals surface area contributed by atoms with Gasteiger partial charge in [-0.1, -0.05) is 30.3 Å². The molecule has 0 saturated carbocycles. The minimum Gasteiger partial charge on any atom is -0.275 e. The SMILES string of the molecule is C1=CC(c2ccccc2)=NOO1. The van der Waals surface area contributed by atoms with Crippen molar-refractivity contribution >= 4 is 5.71 Å². The molecular weight excluding hydrogens is 154 g/mol. The summed E-state index contributed by atoms with van der Waals surface area (Å²) >= 11 is 0. The van der Waals surface area contributed by atoms with Gasteiger partial charge in [0, 0.05) is 11.6 Å². The molecule has 1 aliphatic heterocycles. The first-order valence-electron chi connectivity index (χ1n) is 3.59. The maximum atomic E-state index is 4.45. The van der Waals surface area contributed by atoms with Crippen LogP contribution in [0.4, 0.5) is 0 Å². The van der Waals surface area contributed by atoms with E-state index in [1.54, 1.807) is 6.08 Å². The zero-order valence-electron chi connectivity index (χ0n) is 6.31. The van der Waals surface area contributed by atoms with Crippen LogP contribution in [0.3, 0.4) is 0 Å². The highest BCUT2D eigenvalue weighted by molar-refractivity contribution is 6.08. The molecule has 0 aromatic heterocycles. The fraction of sp³-hybridized carbons (Fsp3) is 0. The van der Waals surface area contributed by atoms with Gasteiger partial charge in [0.2, 0.25) is 0 Å². The van der Waals surface area contributed by atoms with Gasteiger partial charge in [-0.05, 0) is 5.16 Å². The number of hydrogen-bond donors (Lipinski definition) is 0. The van der Waals surface area contributed by atoms with Gasteiger partial charge >= 0.3 is 0 Å². The van der Waals surface area contributed by atoms with Crippen molar-refractivity contribution in [1.29, 1.82) is 0 Å². The molecule has 0 radical (unpaired) electrons. The second-order valence-electron chi connectivity index (χ2n) is 2.32. The number of nitrogens with zero attached hydrogens (tertiary/aromatic N) is 1. The van der Waals surface area contributed by atoms with E-state index in [1.807, 2.05) is 30.3 Å². The van der Waals surface area contributed by atoms with Gasteiger partial charge in [-0.15, -0.1) is 0 Å². The first-order valence-corrected chi connectivity index (χ1v) is 3.59. The molecule has 1 heterocycles. The summed E-state index contributed by atoms with van der Waals surface area (Å²) in [6.07, 6.45) is 3.20. The molecule has 0 aliphatic carbocycles. The third-order valence-corrected chi connectivity index (χ3v) is 1.53. The van der Waals surface area contributed by atoms with E-state index in [1.165, 1.54) is 6.26 Å². The van der Waals surface area contributed by atoms with Gasteiger partial charge in [-0.3, -0.25) is 4.89 Å². The van der Waals surface area contributed by atoms with Gasteiger partial charge in [-0.25, -0.2) is 0 Å². The quantitative estimate of drug-likeness (QED) is 0.588. The van der Waals surface area contributed by atoms with E-state index in [4.69, 9.17) is 0 Å². The molecule has 12 heavy (non-hydrogen) atoms. The molecule has 1 aliphatic rings. The molecule has 0 bridgehead atoms. The largest absolute Gasteiger partial charge is 0.275 e. The van der Waals surface area contributed by atoms with Crippen LogP contribution < -0.4 is 0 Å². The number of benzene rings is 1. The van der Waals surface area contributed by atoms with E-state index in [0.717, 1.165) is 11.3 Å². The van der Waals surface area contributed by atoms with E-state index < -0.39 is 0 Å². The summed E-state index contributed by atoms with van der Waals surface area (Å²) in [5.74, 6) is 0. The van der Waals surface area contributed by atoms with Crippen LogP contribution in [0.1, 0.15) is 5.56 Å². The molecule has 0 N–H and O–H groups in total. The molecule has 0 amide bonds. The zero-order chi connectivity index (χ0) is 8.23. The van der Waals surface area contributed by atoms with Gasteiger partial charge in [0.1, 0.15) is 12.0 Å². The molecule has 1 aromatic carbocycles. The predicted octanol–water partition coefficient (Wildman–Crippen LogP) is 1.87. The third kappa shape index (κ3) is 1.29. The Morgan fingerprint density at radius 3 is 2.58 bits per heavy atom. The second-order valence-corrected chi connectivity index (χ2v) is 2.32. The molecule has 2 rings (SSSR count). The summed E-state index contributed by atoms with van der Waals surface area (Å²) in [5, 5.41) is 3.71. The molecule has 0 atom stereocenters. The topological polar surface area (TPSA) is 30.8 Å². The van der Waals surface area contributed by atoms with Crippen LogP contribution in [0.5, 0.6) is 0 Å². The Labute approximate surface area is 69.8 Å². The lowest BCUT2D eigenvalue weighted by atomic mass is 10.1. The molecular formula is C9H7NO2. The Morgan fingerprint density at radius 1 is 1.08 bits per heavy atom. The van der Waals surface area contributed by atoms with Crippen molar-refractivity contribution in [2.75, 3.05) is 0 Å². The number of oxime groups is 1. The average Bonchev–Trinajstić information content (AvgIpc) is 2.21. The van der Waals surface area contributed by atoms with Crippen LogP contribution in [-0.2, 0) is 9.88 Å². The Bertz CT molecular complexity index is 317. The van der Waals surface area contributed by atoms with Crippen molar-refractivity contribution in [2.24, 2.45) is 5.16 Å². The number of rotatable bonds is 1. The Hall–Kier alpha value is -1.77. The number of allylic oxidation sites excluding steroid dienone is 1. The smallest absolute Gasteiger partial charge is 0.147 e. The minimum atomic E-state index is 0.766. The van der Waals surface area contributed by atoms with Crippen LogP contribution in [0, 0.1) is 0 Å². The number of hydrogen-bond acceptors (Lipinski definition) is 3. The van der Waals surface area contributed by atoms with E-state index >= 15 is 0 Å². The highest BCUT2D eigenvalue weighted by Crippen LogP contribution is 2.06. The minimum absolute atomic E-state index is 0.766. The van der Waals surface area contributed by atoms with Crippen molar-refractivity contribution in [3.63, 3.8) is 0 Å². The summed E-state index contributed by atoms with van der Waals surface area (Å²) in [6.45, 7) is 0. The molecule has 1 aromatic rings. The van der Waals surface area contributed by atoms with Gasteiger partial charge in [0.25, 0.3) is 0 Å². The van der Waals surface area contributed by atoms with Crippen molar-refractivity contribution < 1.29 is 9.88 Å². The second kappa shape index (κ2) is 3.09. The van der Waals surface area contributed by atoms with Gasteiger partial charge in [0.15, 0.2) is 0 Å². The van der Waals surface area contributed by atoms with Crippen LogP contribution in [0.15, 0.2) is 47.8 Å². The first kappa shape index (κ1) is 6.91. The van der Waals surface area contributed by atoms with Crippen LogP contribution in [0.25, 0.3) is 0 Å². The monoisotopic (exact) mass is 161 g/mol. The standard InChI is InChI=1S/C9H7NO2/c1-2-4-8(5-3-1)9-6-7-11-12-10-9/h1-7H. The summed E-state index contributed by atoms with van der Waals surface area (Å²) in [7, 11) is 0. The summed E-state index contributed by atoms with van der Waals surface area (Å²) < 4.78 is 0. The first-order chi connectivity index (χ1) is 5.97. The summed E-state index contributed by atoms with van der Waals surface area (Å²) in [4.78, 5) is 8.89. The maximum absolute atomic E-state index is 4.45. The van der Waals surface area contributed by atoms with Crippen molar-refractivity contribution in [2.45, 2.75) is 0 Å². The average molecular weight is 161 g/mol. The van der Waals surface area contributed by atoms with Crippen LogP contribution in [-0.4, -0.2) is 5.71 Å². The Kier molecular flexibility index (Phi) is 1.78. The molecule has 3 heteroatoms. The fourth-order valence-electron chi connectivity index (χ4n) is 0.967. The Balaban J connectivity index is 2.31. The van der Waals surface area contributed by atoms with E-state index in [-0.39, 0.29) is 0 Å². The van der Waals surface area contributed by atoms with Gasteiger partial charge < -0.3 is 0 Å². The lowest BCUT2D eigenvalue weighted by Gasteiger charge is -2.03. The molecule has 0 spiro atoms. The Morgan fingerprint density at radius 2 is 1.92 bits per heavy atom. The van der Waals surface area contributed by atoms with E-state index in [0.29, 0.717) is 0 Å². The normalized spacial score (nSPS) is 14.5. The molecule has 0 fully saturated rings. The van der Waals surface area contributed by atoms with E-state index in [9.17, 15) is 0 Å². The molecule has 3 nitrogen and oxygen atoms in total. The highest BCUT2D eigenvalue weighted by atomic mass is 17.3. The van der Waals surface area contributed by atoms with Crippen LogP contribution >= 0.6 is 0 Å². The molecule has 0 unspecified atom stereocenters. The maximum Gasteiger partial charge on any atom is 0.147 e.